The van der Waals surface area contributed by atoms with Crippen LogP contribution in [-0.2, 0) is 0 Å². The van der Waals surface area contributed by atoms with Crippen LogP contribution in [0.2, 0.25) is 0 Å². The molecule has 116 valence electrons. The number of halogens is 1. The Hall–Kier alpha value is -2.67. The number of hydrogen-bond donors (Lipinski definition) is 1. The second-order valence-corrected chi connectivity index (χ2v) is 5.59. The fraction of sp³-hybridized carbons (Fsp3) is 0.0625. The van der Waals surface area contributed by atoms with E-state index >= 15 is 0 Å². The minimum absolute atomic E-state index is 0.403. The topological polar surface area (TPSA) is 76.5 Å². The quantitative estimate of drug-likeness (QED) is 0.715. The molecule has 1 aromatic heterocycles. The molecule has 0 aliphatic rings. The minimum Gasteiger partial charge on any atom is -0.496 e. The number of aromatic nitrogens is 2. The smallest absolute Gasteiger partial charge is 0.349 e. The van der Waals surface area contributed by atoms with Gasteiger partial charge in [0.25, 0.3) is 5.56 Å². The molecule has 3 rings (SSSR count). The number of nitrogens with one attached hydrogen (secondary N) is 1. The van der Waals surface area contributed by atoms with Crippen LogP contribution in [0.1, 0.15) is 5.56 Å². The van der Waals surface area contributed by atoms with Gasteiger partial charge in [-0.05, 0) is 51.8 Å². The van der Waals surface area contributed by atoms with Crippen molar-refractivity contribution in [1.82, 2.24) is 9.66 Å². The lowest BCUT2D eigenvalue weighted by molar-refractivity contribution is 0.412. The summed E-state index contributed by atoms with van der Waals surface area (Å²) in [5, 5.41) is 4.40. The number of nitrogens with zero attached hydrogens (tertiary/aromatic N) is 2. The normalized spacial score (nSPS) is 11.2. The van der Waals surface area contributed by atoms with Crippen LogP contribution in [0.5, 0.6) is 5.75 Å². The molecule has 7 heteroatoms. The Bertz CT molecular complexity index is 1020. The molecule has 3 aromatic rings. The molecule has 0 atom stereocenters. The molecule has 0 saturated heterocycles. The van der Waals surface area contributed by atoms with E-state index in [0.29, 0.717) is 16.7 Å². The number of para-hydroxylation sites is 1. The van der Waals surface area contributed by atoms with E-state index in [9.17, 15) is 9.59 Å². The van der Waals surface area contributed by atoms with Gasteiger partial charge >= 0.3 is 5.69 Å². The predicted molar refractivity (Wildman–Crippen MR) is 92.5 cm³/mol. The van der Waals surface area contributed by atoms with Crippen molar-refractivity contribution in [3.8, 4) is 5.75 Å². The molecule has 0 radical (unpaired) electrons. The van der Waals surface area contributed by atoms with E-state index in [1.54, 1.807) is 49.6 Å². The highest BCUT2D eigenvalue weighted by molar-refractivity contribution is 9.10. The summed E-state index contributed by atoms with van der Waals surface area (Å²) in [6.45, 7) is 0. The Morgan fingerprint density at radius 1 is 1.22 bits per heavy atom. The van der Waals surface area contributed by atoms with Crippen LogP contribution in [-0.4, -0.2) is 23.0 Å². The van der Waals surface area contributed by atoms with E-state index < -0.39 is 11.2 Å². The van der Waals surface area contributed by atoms with Crippen molar-refractivity contribution in [2.75, 3.05) is 7.11 Å². The maximum atomic E-state index is 12.3. The lowest BCUT2D eigenvalue weighted by Gasteiger charge is -2.03. The van der Waals surface area contributed by atoms with Crippen molar-refractivity contribution < 1.29 is 4.74 Å². The molecule has 0 unspecified atom stereocenters. The molecular weight excluding hydrogens is 362 g/mol. The first kappa shape index (κ1) is 15.2. The monoisotopic (exact) mass is 373 g/mol. The molecule has 0 fully saturated rings. The zero-order valence-corrected chi connectivity index (χ0v) is 13.7. The van der Waals surface area contributed by atoms with Crippen LogP contribution in [0.4, 0.5) is 0 Å². The Labute approximate surface area is 139 Å². The molecule has 6 nitrogen and oxygen atoms in total. The Morgan fingerprint density at radius 3 is 2.74 bits per heavy atom. The molecule has 23 heavy (non-hydrogen) atoms. The molecule has 0 amide bonds. The molecule has 0 bridgehead atoms. The summed E-state index contributed by atoms with van der Waals surface area (Å²) in [6, 6.07) is 12.1. The minimum atomic E-state index is -0.586. The number of rotatable bonds is 3. The Morgan fingerprint density at radius 2 is 2.00 bits per heavy atom. The molecule has 1 heterocycles. The molecule has 0 saturated carbocycles. The van der Waals surface area contributed by atoms with E-state index in [2.05, 4.69) is 26.0 Å². The van der Waals surface area contributed by atoms with Crippen LogP contribution >= 0.6 is 15.9 Å². The molecule has 0 aliphatic carbocycles. The zero-order chi connectivity index (χ0) is 16.4. The van der Waals surface area contributed by atoms with Crippen molar-refractivity contribution in [3.05, 3.63) is 73.3 Å². The summed E-state index contributed by atoms with van der Waals surface area (Å²) in [5.41, 5.74) is 0.156. The van der Waals surface area contributed by atoms with E-state index in [0.717, 1.165) is 14.7 Å². The van der Waals surface area contributed by atoms with Gasteiger partial charge in [0.1, 0.15) is 5.75 Å². The third-order valence-electron chi connectivity index (χ3n) is 3.28. The largest absolute Gasteiger partial charge is 0.496 e. The standard InChI is InChI=1S/C16H12BrN3O3/c1-23-14-7-6-10(8-12(14)17)9-18-20-15(21)11-4-2-3-5-13(11)19-16(20)22/h2-9H,1H3,(H,19,22). The van der Waals surface area contributed by atoms with Crippen LogP contribution in [0.3, 0.4) is 0 Å². The van der Waals surface area contributed by atoms with Crippen molar-refractivity contribution in [3.63, 3.8) is 0 Å². The summed E-state index contributed by atoms with van der Waals surface area (Å²) >= 11 is 3.37. The van der Waals surface area contributed by atoms with E-state index in [-0.39, 0.29) is 0 Å². The van der Waals surface area contributed by atoms with Gasteiger partial charge in [-0.25, -0.2) is 4.79 Å². The summed E-state index contributed by atoms with van der Waals surface area (Å²) in [6.07, 6.45) is 1.44. The lowest BCUT2D eigenvalue weighted by atomic mass is 10.2. The summed E-state index contributed by atoms with van der Waals surface area (Å²) < 4.78 is 6.71. The highest BCUT2D eigenvalue weighted by Gasteiger charge is 2.06. The number of benzene rings is 2. The van der Waals surface area contributed by atoms with Crippen LogP contribution in [0.25, 0.3) is 10.9 Å². The highest BCUT2D eigenvalue weighted by Crippen LogP contribution is 2.24. The van der Waals surface area contributed by atoms with Gasteiger partial charge in [-0.2, -0.15) is 5.10 Å². The molecule has 1 N–H and O–H groups in total. The fourth-order valence-electron chi connectivity index (χ4n) is 2.15. The zero-order valence-electron chi connectivity index (χ0n) is 12.1. The maximum Gasteiger partial charge on any atom is 0.349 e. The van der Waals surface area contributed by atoms with Gasteiger partial charge in [0.2, 0.25) is 0 Å². The van der Waals surface area contributed by atoms with Gasteiger partial charge in [0.15, 0.2) is 0 Å². The lowest BCUT2D eigenvalue weighted by Crippen LogP contribution is -2.32. The van der Waals surface area contributed by atoms with E-state index in [1.807, 2.05) is 0 Å². The summed E-state index contributed by atoms with van der Waals surface area (Å²) in [4.78, 5) is 27.0. The summed E-state index contributed by atoms with van der Waals surface area (Å²) in [5.74, 6) is 0.683. The van der Waals surface area contributed by atoms with Crippen LogP contribution in [0.15, 0.2) is 61.6 Å². The number of H-pyrrole nitrogens is 1. The SMILES string of the molecule is COc1ccc(C=Nn2c(=O)[nH]c3ccccc3c2=O)cc1Br. The second-order valence-electron chi connectivity index (χ2n) is 4.73. The number of fused-ring (bicyclic) bond motifs is 1. The van der Waals surface area contributed by atoms with Gasteiger partial charge in [-0.15, -0.1) is 4.68 Å². The van der Waals surface area contributed by atoms with Crippen molar-refractivity contribution in [2.45, 2.75) is 0 Å². The first-order chi connectivity index (χ1) is 11.1. The number of methoxy groups -OCH3 is 1. The molecular formula is C16H12BrN3O3. The predicted octanol–water partition coefficient (Wildman–Crippen LogP) is 2.34. The Kier molecular flexibility index (Phi) is 4.12. The molecule has 0 spiro atoms. The summed E-state index contributed by atoms with van der Waals surface area (Å²) in [7, 11) is 1.57. The average Bonchev–Trinajstić information content (AvgIpc) is 2.55. The first-order valence-corrected chi connectivity index (χ1v) is 7.51. The van der Waals surface area contributed by atoms with Crippen LogP contribution in [0, 0.1) is 0 Å². The molecule has 2 aromatic carbocycles. The fourth-order valence-corrected chi connectivity index (χ4v) is 2.70. The second kappa shape index (κ2) is 6.21. The van der Waals surface area contributed by atoms with Gasteiger partial charge in [-0.1, -0.05) is 12.1 Å². The first-order valence-electron chi connectivity index (χ1n) is 6.72. The number of ether oxygens (including phenoxy) is 1. The van der Waals surface area contributed by atoms with Crippen LogP contribution < -0.4 is 16.0 Å². The number of hydrogen-bond acceptors (Lipinski definition) is 4. The van der Waals surface area contributed by atoms with Crippen molar-refractivity contribution in [1.29, 1.82) is 0 Å². The van der Waals surface area contributed by atoms with Gasteiger partial charge in [-0.3, -0.25) is 4.79 Å². The van der Waals surface area contributed by atoms with Crippen molar-refractivity contribution in [2.24, 2.45) is 5.10 Å². The third-order valence-corrected chi connectivity index (χ3v) is 3.90. The van der Waals surface area contributed by atoms with Gasteiger partial charge in [0.05, 0.1) is 28.7 Å². The number of aromatic amines is 1. The highest BCUT2D eigenvalue weighted by atomic mass is 79.9. The Balaban J connectivity index is 2.06. The van der Waals surface area contributed by atoms with Crippen molar-refractivity contribution >= 4 is 33.0 Å². The third kappa shape index (κ3) is 2.95. The van der Waals surface area contributed by atoms with Gasteiger partial charge < -0.3 is 9.72 Å². The van der Waals surface area contributed by atoms with Gasteiger partial charge in [0, 0.05) is 0 Å². The molecule has 0 aliphatic heterocycles. The van der Waals surface area contributed by atoms with E-state index in [4.69, 9.17) is 4.74 Å². The maximum absolute atomic E-state index is 12.3. The average molecular weight is 374 g/mol. The van der Waals surface area contributed by atoms with E-state index in [1.165, 1.54) is 6.21 Å².